The number of alkyl halides is 3. The summed E-state index contributed by atoms with van der Waals surface area (Å²) in [4.78, 5) is 33.6. The second-order valence-corrected chi connectivity index (χ2v) is 7.23. The van der Waals surface area contributed by atoms with Crippen molar-refractivity contribution in [1.82, 2.24) is 9.97 Å². The molecule has 4 rings (SSSR count). The summed E-state index contributed by atoms with van der Waals surface area (Å²) < 4.78 is 44.7. The predicted molar refractivity (Wildman–Crippen MR) is 123 cm³/mol. The van der Waals surface area contributed by atoms with Gasteiger partial charge in [-0.2, -0.15) is 23.3 Å². The van der Waals surface area contributed by atoms with Crippen molar-refractivity contribution in [2.45, 2.75) is 6.18 Å². The van der Waals surface area contributed by atoms with Crippen LogP contribution in [-0.2, 0) is 15.7 Å². The van der Waals surface area contributed by atoms with Crippen LogP contribution in [0.3, 0.4) is 0 Å². The molecule has 4 aromatic rings. The third-order valence-corrected chi connectivity index (χ3v) is 4.76. The zero-order chi connectivity index (χ0) is 24.8. The Morgan fingerprint density at radius 1 is 0.943 bits per heavy atom. The van der Waals surface area contributed by atoms with Crippen LogP contribution in [0.5, 0.6) is 0 Å². The summed E-state index contributed by atoms with van der Waals surface area (Å²) in [6, 6.07) is 19.7. The molecule has 10 heteroatoms. The summed E-state index contributed by atoms with van der Waals surface area (Å²) in [6.45, 7) is -0.782. The first-order chi connectivity index (χ1) is 16.8. The van der Waals surface area contributed by atoms with Gasteiger partial charge in [-0.05, 0) is 35.9 Å². The van der Waals surface area contributed by atoms with Crippen molar-refractivity contribution in [2.75, 3.05) is 11.6 Å². The van der Waals surface area contributed by atoms with Gasteiger partial charge in [-0.15, -0.1) is 0 Å². The van der Waals surface area contributed by atoms with Crippen molar-refractivity contribution in [1.29, 1.82) is 0 Å². The number of fused-ring (bicyclic) bond motifs is 1. The third-order valence-electron chi connectivity index (χ3n) is 4.76. The molecule has 0 radical (unpaired) electrons. The van der Waals surface area contributed by atoms with Crippen LogP contribution in [-0.4, -0.2) is 34.7 Å². The highest BCUT2D eigenvalue weighted by Crippen LogP contribution is 2.31. The Kier molecular flexibility index (Phi) is 6.81. The number of ether oxygens (including phenoxy) is 1. The van der Waals surface area contributed by atoms with Crippen molar-refractivity contribution in [3.8, 4) is 0 Å². The lowest BCUT2D eigenvalue weighted by molar-refractivity contribution is -0.137. The van der Waals surface area contributed by atoms with Crippen LogP contribution in [0.2, 0.25) is 0 Å². The number of amides is 1. The number of carbonyl (C=O) groups is 2. The Morgan fingerprint density at radius 2 is 1.66 bits per heavy atom. The molecule has 0 aliphatic heterocycles. The topological polar surface area (TPSA) is 84.8 Å². The van der Waals surface area contributed by atoms with Gasteiger partial charge >= 0.3 is 12.1 Å². The molecule has 0 aliphatic carbocycles. The summed E-state index contributed by atoms with van der Waals surface area (Å²) in [5.41, 5.74) is 0.442. The molecule has 0 aliphatic rings. The van der Waals surface area contributed by atoms with E-state index in [0.717, 1.165) is 23.2 Å². The Bertz CT molecular complexity index is 1390. The summed E-state index contributed by atoms with van der Waals surface area (Å²) in [5, 5.41) is 4.80. The zero-order valence-corrected chi connectivity index (χ0v) is 18.0. The van der Waals surface area contributed by atoms with Gasteiger partial charge in [-0.3, -0.25) is 9.78 Å². The lowest BCUT2D eigenvalue weighted by Crippen LogP contribution is -2.31. The molecule has 0 N–H and O–H groups in total. The highest BCUT2D eigenvalue weighted by Gasteiger charge is 2.31. The van der Waals surface area contributed by atoms with Crippen LogP contribution in [0.15, 0.2) is 90.2 Å². The number of halogens is 3. The summed E-state index contributed by atoms with van der Waals surface area (Å²) in [5.74, 6) is -1.77. The molecule has 0 saturated carbocycles. The van der Waals surface area contributed by atoms with E-state index in [0.29, 0.717) is 16.6 Å². The lowest BCUT2D eigenvalue weighted by Gasteiger charge is -2.18. The lowest BCUT2D eigenvalue weighted by atomic mass is 10.2. The quantitative estimate of drug-likeness (QED) is 0.224. The van der Waals surface area contributed by atoms with Gasteiger partial charge < -0.3 is 4.74 Å². The number of rotatable bonds is 6. The van der Waals surface area contributed by atoms with Gasteiger partial charge in [0.1, 0.15) is 0 Å². The highest BCUT2D eigenvalue weighted by atomic mass is 19.4. The maximum absolute atomic E-state index is 13.2. The minimum Gasteiger partial charge on any atom is -0.451 e. The number of hydrogen-bond acceptors (Lipinski definition) is 6. The highest BCUT2D eigenvalue weighted by molar-refractivity contribution is 5.98. The van der Waals surface area contributed by atoms with Crippen molar-refractivity contribution in [2.24, 2.45) is 5.10 Å². The molecule has 3 aromatic carbocycles. The maximum Gasteiger partial charge on any atom is 0.416 e. The summed E-state index contributed by atoms with van der Waals surface area (Å²) in [6.07, 6.45) is -2.09. The van der Waals surface area contributed by atoms with E-state index in [1.54, 1.807) is 54.6 Å². The van der Waals surface area contributed by atoms with Crippen LogP contribution >= 0.6 is 0 Å². The average molecular weight is 478 g/mol. The van der Waals surface area contributed by atoms with E-state index in [-0.39, 0.29) is 11.4 Å². The van der Waals surface area contributed by atoms with Gasteiger partial charge in [-0.25, -0.2) is 9.78 Å². The summed E-state index contributed by atoms with van der Waals surface area (Å²) in [7, 11) is 0. The zero-order valence-electron chi connectivity index (χ0n) is 18.0. The Balaban J connectivity index is 1.55. The first kappa shape index (κ1) is 23.6. The van der Waals surface area contributed by atoms with Crippen LogP contribution in [0.4, 0.5) is 18.9 Å². The van der Waals surface area contributed by atoms with Crippen molar-refractivity contribution >= 4 is 34.8 Å². The number of hydrazone groups is 1. The van der Waals surface area contributed by atoms with Crippen molar-refractivity contribution in [3.63, 3.8) is 0 Å². The minimum atomic E-state index is -4.62. The van der Waals surface area contributed by atoms with E-state index in [1.807, 2.05) is 0 Å². The van der Waals surface area contributed by atoms with E-state index >= 15 is 0 Å². The van der Waals surface area contributed by atoms with Gasteiger partial charge in [0.2, 0.25) is 0 Å². The number of carbonyl (C=O) groups excluding carboxylic acids is 2. The van der Waals surface area contributed by atoms with Crippen LogP contribution in [0, 0.1) is 0 Å². The van der Waals surface area contributed by atoms with E-state index in [1.165, 1.54) is 18.5 Å². The van der Waals surface area contributed by atoms with Gasteiger partial charge in [-0.1, -0.05) is 48.5 Å². The Labute approximate surface area is 197 Å². The van der Waals surface area contributed by atoms with E-state index < -0.39 is 30.2 Å². The monoisotopic (exact) mass is 478 g/mol. The number of nitrogens with zero attached hydrogens (tertiary/aromatic N) is 4. The molecule has 0 spiro atoms. The Hall–Kier alpha value is -4.60. The molecule has 176 valence electrons. The fourth-order valence-electron chi connectivity index (χ4n) is 3.07. The molecule has 35 heavy (non-hydrogen) atoms. The van der Waals surface area contributed by atoms with Crippen molar-refractivity contribution in [3.05, 3.63) is 102 Å². The second-order valence-electron chi connectivity index (χ2n) is 7.23. The molecule has 1 amide bonds. The van der Waals surface area contributed by atoms with Gasteiger partial charge in [0.25, 0.3) is 5.91 Å². The minimum absolute atomic E-state index is 0.116. The van der Waals surface area contributed by atoms with Gasteiger partial charge in [0.15, 0.2) is 12.3 Å². The second kappa shape index (κ2) is 10.1. The SMILES string of the molecule is O=C(OCC(=O)N(/N=C/c1ccccc1)c1cccc(C(F)(F)F)c1)c1cnc2ccccc2n1. The first-order valence-corrected chi connectivity index (χ1v) is 10.3. The van der Waals surface area contributed by atoms with Gasteiger partial charge in [0.05, 0.1) is 34.7 Å². The molecular weight excluding hydrogens is 461 g/mol. The fourth-order valence-corrected chi connectivity index (χ4v) is 3.07. The molecule has 0 fully saturated rings. The first-order valence-electron chi connectivity index (χ1n) is 10.3. The van der Waals surface area contributed by atoms with E-state index in [9.17, 15) is 22.8 Å². The van der Waals surface area contributed by atoms with Crippen LogP contribution in [0.1, 0.15) is 21.6 Å². The normalized spacial score (nSPS) is 11.5. The van der Waals surface area contributed by atoms with Crippen molar-refractivity contribution < 1.29 is 27.5 Å². The number of para-hydroxylation sites is 2. The molecule has 0 atom stereocenters. The molecule has 0 bridgehead atoms. The van der Waals surface area contributed by atoms with Crippen LogP contribution < -0.4 is 5.01 Å². The molecule has 1 aromatic heterocycles. The average Bonchev–Trinajstić information content (AvgIpc) is 2.87. The number of esters is 1. The Morgan fingerprint density at radius 3 is 2.40 bits per heavy atom. The molecule has 1 heterocycles. The maximum atomic E-state index is 13.2. The number of aromatic nitrogens is 2. The summed E-state index contributed by atoms with van der Waals surface area (Å²) >= 11 is 0. The number of anilines is 1. The van der Waals surface area contributed by atoms with Crippen LogP contribution in [0.25, 0.3) is 11.0 Å². The predicted octanol–water partition coefficient (Wildman–Crippen LogP) is 4.87. The molecular formula is C25H17F3N4O3. The van der Waals surface area contributed by atoms with E-state index in [2.05, 4.69) is 15.1 Å². The standard InChI is InChI=1S/C25H17F3N4O3/c26-25(27,28)18-9-6-10-19(13-18)32(30-14-17-7-2-1-3-8-17)23(33)16-35-24(34)22-15-29-20-11-4-5-12-21(20)31-22/h1-15H,16H2/b30-14+. The van der Waals surface area contributed by atoms with Gasteiger partial charge in [0, 0.05) is 0 Å². The molecule has 0 unspecified atom stereocenters. The molecule has 0 saturated heterocycles. The largest absolute Gasteiger partial charge is 0.451 e. The number of hydrogen-bond donors (Lipinski definition) is 0. The fraction of sp³-hybridized carbons (Fsp3) is 0.0800. The smallest absolute Gasteiger partial charge is 0.416 e. The third kappa shape index (κ3) is 5.85. The van der Waals surface area contributed by atoms with E-state index in [4.69, 9.17) is 4.74 Å². The molecule has 7 nitrogen and oxygen atoms in total. The number of benzene rings is 3.